The normalized spacial score (nSPS) is 21.0. The monoisotopic (exact) mass is 350 g/mol. The minimum atomic E-state index is 0.180. The number of nitrogens with zero attached hydrogens (tertiary/aromatic N) is 2. The fourth-order valence-corrected chi connectivity index (χ4v) is 3.94. The Kier molecular flexibility index (Phi) is 4.65. The van der Waals surface area contributed by atoms with E-state index < -0.39 is 0 Å². The first-order valence-electron chi connectivity index (χ1n) is 7.95. The number of amides is 1. The third-order valence-electron chi connectivity index (χ3n) is 4.94. The zero-order valence-electron chi connectivity index (χ0n) is 12.6. The van der Waals surface area contributed by atoms with Crippen LogP contribution in [0.1, 0.15) is 41.6 Å². The van der Waals surface area contributed by atoms with Gasteiger partial charge in [0.15, 0.2) is 0 Å². The molecule has 1 aliphatic heterocycles. The smallest absolute Gasteiger partial charge is 0.254 e. The highest BCUT2D eigenvalue weighted by Crippen LogP contribution is 2.25. The van der Waals surface area contributed by atoms with Gasteiger partial charge in [-0.05, 0) is 37.5 Å². The SMILES string of the molecule is Cc1c(Br)cccc1C(=O)N1CCN(C2CCCC2)CC1. The maximum Gasteiger partial charge on any atom is 0.254 e. The van der Waals surface area contributed by atoms with E-state index >= 15 is 0 Å². The molecule has 2 aliphatic rings. The summed E-state index contributed by atoms with van der Waals surface area (Å²) >= 11 is 3.51. The van der Waals surface area contributed by atoms with Gasteiger partial charge in [0.2, 0.25) is 0 Å². The lowest BCUT2D eigenvalue weighted by atomic mass is 10.1. The average Bonchev–Trinajstić information content (AvgIpc) is 3.04. The van der Waals surface area contributed by atoms with Gasteiger partial charge in [-0.2, -0.15) is 0 Å². The number of piperazine rings is 1. The number of hydrogen-bond acceptors (Lipinski definition) is 2. The topological polar surface area (TPSA) is 23.6 Å². The number of halogens is 1. The summed E-state index contributed by atoms with van der Waals surface area (Å²) in [6.07, 6.45) is 5.44. The summed E-state index contributed by atoms with van der Waals surface area (Å²) in [4.78, 5) is 17.3. The van der Waals surface area contributed by atoms with Gasteiger partial charge in [-0.15, -0.1) is 0 Å². The molecule has 1 saturated carbocycles. The molecule has 0 N–H and O–H groups in total. The van der Waals surface area contributed by atoms with Gasteiger partial charge in [0.1, 0.15) is 0 Å². The minimum absolute atomic E-state index is 0.180. The van der Waals surface area contributed by atoms with Gasteiger partial charge < -0.3 is 4.90 Å². The van der Waals surface area contributed by atoms with Crippen LogP contribution in [-0.2, 0) is 0 Å². The summed E-state index contributed by atoms with van der Waals surface area (Å²) in [5.41, 5.74) is 1.87. The Morgan fingerprint density at radius 1 is 1.14 bits per heavy atom. The molecule has 1 aliphatic carbocycles. The highest BCUT2D eigenvalue weighted by molar-refractivity contribution is 9.10. The zero-order chi connectivity index (χ0) is 14.8. The van der Waals surface area contributed by atoms with Crippen molar-refractivity contribution in [3.8, 4) is 0 Å². The molecule has 3 nitrogen and oxygen atoms in total. The van der Waals surface area contributed by atoms with Crippen LogP contribution in [0.15, 0.2) is 22.7 Å². The van der Waals surface area contributed by atoms with Crippen LogP contribution in [0.3, 0.4) is 0 Å². The summed E-state index contributed by atoms with van der Waals surface area (Å²) in [5.74, 6) is 0.180. The number of carbonyl (C=O) groups excluding carboxylic acids is 1. The molecule has 1 aromatic rings. The first-order chi connectivity index (χ1) is 10.2. The second kappa shape index (κ2) is 6.49. The standard InChI is InChI=1S/C17H23BrN2O/c1-13-15(7-4-8-16(13)18)17(21)20-11-9-19(10-12-20)14-5-2-3-6-14/h4,7-8,14H,2-3,5-6,9-12H2,1H3. The Morgan fingerprint density at radius 3 is 2.48 bits per heavy atom. The predicted octanol–water partition coefficient (Wildman–Crippen LogP) is 3.46. The van der Waals surface area contributed by atoms with Gasteiger partial charge >= 0.3 is 0 Å². The quantitative estimate of drug-likeness (QED) is 0.815. The van der Waals surface area contributed by atoms with Crippen LogP contribution in [0.2, 0.25) is 0 Å². The van der Waals surface area contributed by atoms with E-state index in [4.69, 9.17) is 0 Å². The Hall–Kier alpha value is -0.870. The van der Waals surface area contributed by atoms with Crippen LogP contribution in [-0.4, -0.2) is 47.9 Å². The summed E-state index contributed by atoms with van der Waals surface area (Å²) in [6.45, 7) is 5.79. The van der Waals surface area contributed by atoms with Gasteiger partial charge in [0, 0.05) is 42.3 Å². The number of benzene rings is 1. The molecule has 0 radical (unpaired) electrons. The Bertz CT molecular complexity index is 518. The first kappa shape index (κ1) is 15.0. The molecule has 2 fully saturated rings. The summed E-state index contributed by atoms with van der Waals surface area (Å²) in [7, 11) is 0. The molecule has 0 bridgehead atoms. The fourth-order valence-electron chi connectivity index (χ4n) is 3.57. The number of rotatable bonds is 2. The van der Waals surface area contributed by atoms with Crippen molar-refractivity contribution in [3.63, 3.8) is 0 Å². The van der Waals surface area contributed by atoms with Gasteiger partial charge in [-0.25, -0.2) is 0 Å². The molecule has 1 amide bonds. The van der Waals surface area contributed by atoms with E-state index in [1.807, 2.05) is 30.0 Å². The van der Waals surface area contributed by atoms with Gasteiger partial charge in [-0.3, -0.25) is 9.69 Å². The van der Waals surface area contributed by atoms with Crippen molar-refractivity contribution >= 4 is 21.8 Å². The zero-order valence-corrected chi connectivity index (χ0v) is 14.2. The summed E-state index contributed by atoms with van der Waals surface area (Å²) in [5, 5.41) is 0. The van der Waals surface area contributed by atoms with Crippen LogP contribution in [0, 0.1) is 6.92 Å². The van der Waals surface area contributed by atoms with Crippen LogP contribution >= 0.6 is 15.9 Å². The lowest BCUT2D eigenvalue weighted by Gasteiger charge is -2.38. The second-order valence-corrected chi connectivity index (χ2v) is 7.03. The van der Waals surface area contributed by atoms with Crippen molar-refractivity contribution in [3.05, 3.63) is 33.8 Å². The predicted molar refractivity (Wildman–Crippen MR) is 88.6 cm³/mol. The van der Waals surface area contributed by atoms with E-state index in [0.717, 1.165) is 47.8 Å². The van der Waals surface area contributed by atoms with Crippen LogP contribution in [0.25, 0.3) is 0 Å². The van der Waals surface area contributed by atoms with Crippen molar-refractivity contribution in [1.29, 1.82) is 0 Å². The molecular formula is C17H23BrN2O. The molecule has 0 aromatic heterocycles. The molecule has 0 unspecified atom stereocenters. The number of carbonyl (C=O) groups is 1. The largest absolute Gasteiger partial charge is 0.336 e. The Labute approximate surface area is 135 Å². The molecule has 114 valence electrons. The van der Waals surface area contributed by atoms with Crippen LogP contribution in [0.4, 0.5) is 0 Å². The molecule has 1 heterocycles. The van der Waals surface area contributed by atoms with Crippen molar-refractivity contribution in [1.82, 2.24) is 9.80 Å². The fraction of sp³-hybridized carbons (Fsp3) is 0.588. The molecule has 21 heavy (non-hydrogen) atoms. The lowest BCUT2D eigenvalue weighted by molar-refractivity contribution is 0.0572. The van der Waals surface area contributed by atoms with E-state index in [-0.39, 0.29) is 5.91 Å². The van der Waals surface area contributed by atoms with E-state index in [0.29, 0.717) is 0 Å². The van der Waals surface area contributed by atoms with Crippen LogP contribution < -0.4 is 0 Å². The van der Waals surface area contributed by atoms with Crippen molar-refractivity contribution < 1.29 is 4.79 Å². The van der Waals surface area contributed by atoms with Gasteiger partial charge in [0.05, 0.1) is 0 Å². The number of hydrogen-bond donors (Lipinski definition) is 0. The maximum atomic E-state index is 12.7. The van der Waals surface area contributed by atoms with Crippen molar-refractivity contribution in [2.45, 2.75) is 38.6 Å². The molecule has 4 heteroatoms. The molecule has 0 atom stereocenters. The minimum Gasteiger partial charge on any atom is -0.336 e. The molecule has 0 spiro atoms. The Morgan fingerprint density at radius 2 is 1.81 bits per heavy atom. The second-order valence-electron chi connectivity index (χ2n) is 6.18. The molecule has 1 saturated heterocycles. The first-order valence-corrected chi connectivity index (χ1v) is 8.74. The third kappa shape index (κ3) is 3.16. The summed E-state index contributed by atoms with van der Waals surface area (Å²) < 4.78 is 1.01. The molecule has 1 aromatic carbocycles. The maximum absolute atomic E-state index is 12.7. The van der Waals surface area contributed by atoms with E-state index in [9.17, 15) is 4.79 Å². The molecule has 3 rings (SSSR count). The van der Waals surface area contributed by atoms with Crippen LogP contribution in [0.5, 0.6) is 0 Å². The highest BCUT2D eigenvalue weighted by Gasteiger charge is 2.28. The average molecular weight is 351 g/mol. The molecular weight excluding hydrogens is 328 g/mol. The lowest BCUT2D eigenvalue weighted by Crippen LogP contribution is -2.51. The Balaban J connectivity index is 1.63. The highest BCUT2D eigenvalue weighted by atomic mass is 79.9. The van der Waals surface area contributed by atoms with E-state index in [1.165, 1.54) is 25.7 Å². The van der Waals surface area contributed by atoms with Crippen molar-refractivity contribution in [2.75, 3.05) is 26.2 Å². The third-order valence-corrected chi connectivity index (χ3v) is 5.80. The van der Waals surface area contributed by atoms with Gasteiger partial charge in [0.25, 0.3) is 5.91 Å². The van der Waals surface area contributed by atoms with E-state index in [2.05, 4.69) is 20.8 Å². The van der Waals surface area contributed by atoms with E-state index in [1.54, 1.807) is 0 Å². The van der Waals surface area contributed by atoms with Gasteiger partial charge in [-0.1, -0.05) is 34.8 Å². The summed E-state index contributed by atoms with van der Waals surface area (Å²) in [6, 6.07) is 6.64. The van der Waals surface area contributed by atoms with Crippen molar-refractivity contribution in [2.24, 2.45) is 0 Å².